The van der Waals surface area contributed by atoms with Gasteiger partial charge in [-0.25, -0.2) is 0 Å². The third-order valence-electron chi connectivity index (χ3n) is 2.47. The van der Waals surface area contributed by atoms with Gasteiger partial charge < -0.3 is 10.5 Å². The quantitative estimate of drug-likeness (QED) is 0.838. The second-order valence-electron chi connectivity index (χ2n) is 3.67. The Kier molecular flexibility index (Phi) is 5.56. The Morgan fingerprint density at radius 2 is 2.25 bits per heavy atom. The summed E-state index contributed by atoms with van der Waals surface area (Å²) in [6, 6.07) is 6.12. The van der Waals surface area contributed by atoms with Gasteiger partial charge in [0.15, 0.2) is 0 Å². The van der Waals surface area contributed by atoms with Crippen molar-refractivity contribution in [2.75, 3.05) is 13.7 Å². The number of hydrogen-bond acceptors (Lipinski definition) is 2. The summed E-state index contributed by atoms with van der Waals surface area (Å²) in [6.07, 6.45) is 4.29. The van der Waals surface area contributed by atoms with Gasteiger partial charge in [0.1, 0.15) is 5.75 Å². The van der Waals surface area contributed by atoms with Gasteiger partial charge in [-0.05, 0) is 65.5 Å². The molecule has 3 heteroatoms. The summed E-state index contributed by atoms with van der Waals surface area (Å²) >= 11 is 3.49. The fourth-order valence-corrected chi connectivity index (χ4v) is 2.01. The standard InChI is InChI=1S/C13H18BrNO/c1-10(5-3-4-8-15)11-6-7-13(16-2)12(14)9-11/h5-7,9H,3-4,8,15H2,1-2H3/b10-5+. The summed E-state index contributed by atoms with van der Waals surface area (Å²) in [6.45, 7) is 2.86. The summed E-state index contributed by atoms with van der Waals surface area (Å²) in [7, 11) is 1.67. The minimum atomic E-state index is 0.746. The van der Waals surface area contributed by atoms with Crippen molar-refractivity contribution < 1.29 is 4.74 Å². The van der Waals surface area contributed by atoms with E-state index in [2.05, 4.69) is 41.1 Å². The fraction of sp³-hybridized carbons (Fsp3) is 0.385. The minimum Gasteiger partial charge on any atom is -0.496 e. The van der Waals surface area contributed by atoms with Crippen molar-refractivity contribution in [3.8, 4) is 5.75 Å². The first kappa shape index (κ1) is 13.3. The van der Waals surface area contributed by atoms with Crippen LogP contribution in [0.3, 0.4) is 0 Å². The Bertz CT molecular complexity index is 374. The number of allylic oxidation sites excluding steroid dienone is 2. The Labute approximate surface area is 106 Å². The molecule has 0 spiro atoms. The topological polar surface area (TPSA) is 35.2 Å². The van der Waals surface area contributed by atoms with Crippen LogP contribution < -0.4 is 10.5 Å². The number of methoxy groups -OCH3 is 1. The van der Waals surface area contributed by atoms with Gasteiger partial charge in [0.25, 0.3) is 0 Å². The minimum absolute atomic E-state index is 0.746. The lowest BCUT2D eigenvalue weighted by Crippen LogP contribution is -1.96. The maximum atomic E-state index is 5.46. The van der Waals surface area contributed by atoms with Crippen LogP contribution >= 0.6 is 15.9 Å². The van der Waals surface area contributed by atoms with E-state index in [-0.39, 0.29) is 0 Å². The molecule has 0 heterocycles. The fourth-order valence-electron chi connectivity index (χ4n) is 1.47. The smallest absolute Gasteiger partial charge is 0.133 e. The third kappa shape index (κ3) is 3.65. The highest BCUT2D eigenvalue weighted by Gasteiger charge is 2.02. The zero-order valence-electron chi connectivity index (χ0n) is 9.79. The van der Waals surface area contributed by atoms with E-state index >= 15 is 0 Å². The van der Waals surface area contributed by atoms with Gasteiger partial charge >= 0.3 is 0 Å². The average Bonchev–Trinajstić information content (AvgIpc) is 2.29. The zero-order chi connectivity index (χ0) is 12.0. The number of halogens is 1. The highest BCUT2D eigenvalue weighted by atomic mass is 79.9. The number of benzene rings is 1. The first-order valence-electron chi connectivity index (χ1n) is 5.39. The molecule has 0 fully saturated rings. The molecule has 0 radical (unpaired) electrons. The summed E-state index contributed by atoms with van der Waals surface area (Å²) in [4.78, 5) is 0. The molecule has 1 rings (SSSR count). The molecule has 88 valence electrons. The Balaban J connectivity index is 2.80. The van der Waals surface area contributed by atoms with Gasteiger partial charge in [-0.3, -0.25) is 0 Å². The van der Waals surface area contributed by atoms with Crippen LogP contribution in [-0.4, -0.2) is 13.7 Å². The molecule has 1 aromatic rings. The largest absolute Gasteiger partial charge is 0.496 e. The third-order valence-corrected chi connectivity index (χ3v) is 3.09. The van der Waals surface area contributed by atoms with Crippen molar-refractivity contribution in [1.29, 1.82) is 0 Å². The lowest BCUT2D eigenvalue weighted by molar-refractivity contribution is 0.412. The van der Waals surface area contributed by atoms with E-state index in [4.69, 9.17) is 10.5 Å². The zero-order valence-corrected chi connectivity index (χ0v) is 11.4. The summed E-state index contributed by atoms with van der Waals surface area (Å²) < 4.78 is 6.18. The van der Waals surface area contributed by atoms with Crippen molar-refractivity contribution in [2.45, 2.75) is 19.8 Å². The van der Waals surface area contributed by atoms with Gasteiger partial charge in [0, 0.05) is 0 Å². The predicted octanol–water partition coefficient (Wildman–Crippen LogP) is 3.60. The van der Waals surface area contributed by atoms with E-state index in [0.29, 0.717) is 0 Å². The molecule has 0 bridgehead atoms. The van der Waals surface area contributed by atoms with Gasteiger partial charge in [0.05, 0.1) is 11.6 Å². The molecule has 0 amide bonds. The molecule has 0 saturated carbocycles. The molecule has 1 aromatic carbocycles. The van der Waals surface area contributed by atoms with E-state index in [1.54, 1.807) is 7.11 Å². The normalized spacial score (nSPS) is 11.6. The van der Waals surface area contributed by atoms with Crippen LogP contribution in [0, 0.1) is 0 Å². The Morgan fingerprint density at radius 3 is 2.81 bits per heavy atom. The highest BCUT2D eigenvalue weighted by Crippen LogP contribution is 2.28. The van der Waals surface area contributed by atoms with Crippen LogP contribution in [0.1, 0.15) is 25.3 Å². The number of unbranched alkanes of at least 4 members (excludes halogenated alkanes) is 1. The van der Waals surface area contributed by atoms with E-state index in [1.807, 2.05) is 6.07 Å². The average molecular weight is 284 g/mol. The maximum absolute atomic E-state index is 5.46. The molecule has 2 N–H and O–H groups in total. The van der Waals surface area contributed by atoms with Gasteiger partial charge in [-0.15, -0.1) is 0 Å². The molecule has 0 unspecified atom stereocenters. The molecular formula is C13H18BrNO. The van der Waals surface area contributed by atoms with Gasteiger partial charge in [0.2, 0.25) is 0 Å². The SMILES string of the molecule is COc1ccc(/C(C)=C/CCCN)cc1Br. The van der Waals surface area contributed by atoms with E-state index in [9.17, 15) is 0 Å². The number of rotatable bonds is 5. The summed E-state index contributed by atoms with van der Waals surface area (Å²) in [5.41, 5.74) is 7.95. The lowest BCUT2D eigenvalue weighted by atomic mass is 10.1. The van der Waals surface area contributed by atoms with Crippen molar-refractivity contribution in [3.63, 3.8) is 0 Å². The second-order valence-corrected chi connectivity index (χ2v) is 4.52. The molecule has 2 nitrogen and oxygen atoms in total. The van der Waals surface area contributed by atoms with Crippen LogP contribution in [-0.2, 0) is 0 Å². The van der Waals surface area contributed by atoms with Crippen LogP contribution in [0.4, 0.5) is 0 Å². The molecule has 0 aliphatic carbocycles. The number of nitrogens with two attached hydrogens (primary N) is 1. The molecule has 0 saturated heterocycles. The van der Waals surface area contributed by atoms with Crippen LogP contribution in [0.2, 0.25) is 0 Å². The highest BCUT2D eigenvalue weighted by molar-refractivity contribution is 9.10. The van der Waals surface area contributed by atoms with E-state index < -0.39 is 0 Å². The molecule has 16 heavy (non-hydrogen) atoms. The van der Waals surface area contributed by atoms with Crippen molar-refractivity contribution in [3.05, 3.63) is 34.3 Å². The Morgan fingerprint density at radius 1 is 1.50 bits per heavy atom. The van der Waals surface area contributed by atoms with Crippen LogP contribution in [0.25, 0.3) is 5.57 Å². The molecule has 0 aromatic heterocycles. The van der Waals surface area contributed by atoms with Crippen molar-refractivity contribution in [2.24, 2.45) is 5.73 Å². The molecular weight excluding hydrogens is 266 g/mol. The summed E-state index contributed by atoms with van der Waals surface area (Å²) in [5, 5.41) is 0. The predicted molar refractivity (Wildman–Crippen MR) is 72.6 cm³/mol. The van der Waals surface area contributed by atoms with E-state index in [1.165, 1.54) is 11.1 Å². The molecule has 0 atom stereocenters. The van der Waals surface area contributed by atoms with Gasteiger partial charge in [-0.2, -0.15) is 0 Å². The Hall–Kier alpha value is -0.800. The number of ether oxygens (including phenoxy) is 1. The first-order valence-corrected chi connectivity index (χ1v) is 6.19. The lowest BCUT2D eigenvalue weighted by Gasteiger charge is -2.06. The van der Waals surface area contributed by atoms with Crippen molar-refractivity contribution >= 4 is 21.5 Å². The summed E-state index contributed by atoms with van der Waals surface area (Å²) in [5.74, 6) is 0.860. The monoisotopic (exact) mass is 283 g/mol. The maximum Gasteiger partial charge on any atom is 0.133 e. The van der Waals surface area contributed by atoms with Crippen molar-refractivity contribution in [1.82, 2.24) is 0 Å². The van der Waals surface area contributed by atoms with Crippen LogP contribution in [0.15, 0.2) is 28.7 Å². The van der Waals surface area contributed by atoms with E-state index in [0.717, 1.165) is 29.6 Å². The van der Waals surface area contributed by atoms with Crippen LogP contribution in [0.5, 0.6) is 5.75 Å². The molecule has 0 aliphatic rings. The first-order chi connectivity index (χ1) is 7.69. The second kappa shape index (κ2) is 6.71. The number of hydrogen-bond donors (Lipinski definition) is 1. The van der Waals surface area contributed by atoms with Gasteiger partial charge in [-0.1, -0.05) is 12.1 Å². The molecule has 0 aliphatic heterocycles.